The van der Waals surface area contributed by atoms with Gasteiger partial charge in [0, 0.05) is 5.57 Å². The van der Waals surface area contributed by atoms with Crippen LogP contribution in [-0.2, 0) is 16.6 Å². The Morgan fingerprint density at radius 3 is 2.52 bits per heavy atom. The number of hydrogen-bond donors (Lipinski definition) is 1. The second kappa shape index (κ2) is 5.42. The lowest BCUT2D eigenvalue weighted by Gasteiger charge is -2.12. The monoisotopic (exact) mass is 340 g/mol. The van der Waals surface area contributed by atoms with Crippen LogP contribution in [0.1, 0.15) is 30.1 Å². The molecule has 1 aliphatic carbocycles. The standard InChI is InChI=1S/C15H11ClF2N2O3/c1-7(13(21)22)4-11-19-14(20-23-11)15(2-3-15)8-5-9(17)12(16)10(18)6-8/h5-6H,1-4H2,(H,21,22). The molecule has 2 aromatic rings. The summed E-state index contributed by atoms with van der Waals surface area (Å²) in [6, 6.07) is 2.31. The van der Waals surface area contributed by atoms with Crippen LogP contribution in [0.25, 0.3) is 0 Å². The molecule has 0 unspecified atom stereocenters. The first-order valence-corrected chi connectivity index (χ1v) is 7.10. The summed E-state index contributed by atoms with van der Waals surface area (Å²) in [5.41, 5.74) is -0.437. The zero-order valence-corrected chi connectivity index (χ0v) is 12.5. The molecule has 1 heterocycles. The van der Waals surface area contributed by atoms with Crippen molar-refractivity contribution in [1.29, 1.82) is 0 Å². The SMILES string of the molecule is C=C(Cc1nc(C2(c3cc(F)c(Cl)c(F)c3)CC2)no1)C(=O)O. The van der Waals surface area contributed by atoms with Gasteiger partial charge < -0.3 is 9.63 Å². The molecular weight excluding hydrogens is 330 g/mol. The molecule has 1 aromatic heterocycles. The van der Waals surface area contributed by atoms with Gasteiger partial charge in [0.25, 0.3) is 0 Å². The molecule has 8 heteroatoms. The average Bonchev–Trinajstić information content (AvgIpc) is 3.18. The molecule has 0 saturated heterocycles. The fourth-order valence-electron chi connectivity index (χ4n) is 2.38. The summed E-state index contributed by atoms with van der Waals surface area (Å²) in [6.07, 6.45) is 1.11. The van der Waals surface area contributed by atoms with Crippen LogP contribution in [0.15, 0.2) is 28.8 Å². The molecular formula is C15H11ClF2N2O3. The van der Waals surface area contributed by atoms with Gasteiger partial charge >= 0.3 is 5.97 Å². The Kier molecular flexibility index (Phi) is 3.68. The van der Waals surface area contributed by atoms with E-state index in [1.54, 1.807) is 0 Å². The fraction of sp³-hybridized carbons (Fsp3) is 0.267. The molecule has 1 N–H and O–H groups in total. The molecule has 1 saturated carbocycles. The second-order valence-electron chi connectivity index (χ2n) is 5.43. The van der Waals surface area contributed by atoms with Crippen molar-refractivity contribution in [2.75, 3.05) is 0 Å². The first-order valence-electron chi connectivity index (χ1n) is 6.72. The molecule has 1 aliphatic rings. The van der Waals surface area contributed by atoms with E-state index in [1.807, 2.05) is 0 Å². The third-order valence-electron chi connectivity index (χ3n) is 3.85. The normalized spacial score (nSPS) is 15.4. The topological polar surface area (TPSA) is 76.2 Å². The minimum atomic E-state index is -1.16. The van der Waals surface area contributed by atoms with Crippen molar-refractivity contribution >= 4 is 17.6 Å². The highest BCUT2D eigenvalue weighted by molar-refractivity contribution is 6.30. The summed E-state index contributed by atoms with van der Waals surface area (Å²) in [6.45, 7) is 3.39. The predicted molar refractivity (Wildman–Crippen MR) is 76.2 cm³/mol. The van der Waals surface area contributed by atoms with Crippen molar-refractivity contribution in [1.82, 2.24) is 10.1 Å². The molecule has 0 bridgehead atoms. The van der Waals surface area contributed by atoms with Gasteiger partial charge in [-0.2, -0.15) is 4.98 Å². The first-order chi connectivity index (χ1) is 10.8. The van der Waals surface area contributed by atoms with Gasteiger partial charge in [0.05, 0.1) is 11.8 Å². The molecule has 0 spiro atoms. The Bertz CT molecular complexity index is 792. The molecule has 0 amide bonds. The third kappa shape index (κ3) is 2.72. The van der Waals surface area contributed by atoms with Gasteiger partial charge in [0.2, 0.25) is 5.89 Å². The van der Waals surface area contributed by atoms with Crippen LogP contribution in [0.5, 0.6) is 0 Å². The van der Waals surface area contributed by atoms with Crippen LogP contribution >= 0.6 is 11.6 Å². The fourth-order valence-corrected chi connectivity index (χ4v) is 2.49. The maximum atomic E-state index is 13.7. The quantitative estimate of drug-likeness (QED) is 0.667. The molecule has 5 nitrogen and oxygen atoms in total. The van der Waals surface area contributed by atoms with Gasteiger partial charge in [0.1, 0.15) is 16.7 Å². The lowest BCUT2D eigenvalue weighted by atomic mass is 9.95. The minimum Gasteiger partial charge on any atom is -0.478 e. The molecule has 3 rings (SSSR count). The van der Waals surface area contributed by atoms with E-state index in [1.165, 1.54) is 0 Å². The number of aromatic nitrogens is 2. The third-order valence-corrected chi connectivity index (χ3v) is 4.21. The first kappa shape index (κ1) is 15.6. The highest BCUT2D eigenvalue weighted by atomic mass is 35.5. The van der Waals surface area contributed by atoms with E-state index < -0.39 is 28.0 Å². The van der Waals surface area contributed by atoms with E-state index >= 15 is 0 Å². The van der Waals surface area contributed by atoms with Crippen molar-refractivity contribution < 1.29 is 23.2 Å². The highest BCUT2D eigenvalue weighted by Crippen LogP contribution is 2.52. The Morgan fingerprint density at radius 1 is 1.39 bits per heavy atom. The largest absolute Gasteiger partial charge is 0.478 e. The molecule has 0 radical (unpaired) electrons. The maximum Gasteiger partial charge on any atom is 0.331 e. The smallest absolute Gasteiger partial charge is 0.331 e. The Labute approximate surface area is 134 Å². The van der Waals surface area contributed by atoms with Crippen molar-refractivity contribution in [3.63, 3.8) is 0 Å². The summed E-state index contributed by atoms with van der Waals surface area (Å²) in [5, 5.41) is 12.1. The number of rotatable bonds is 5. The number of aliphatic carboxylic acids is 1. The Balaban J connectivity index is 1.91. The molecule has 0 atom stereocenters. The lowest BCUT2D eigenvalue weighted by molar-refractivity contribution is -0.132. The van der Waals surface area contributed by atoms with Crippen molar-refractivity contribution in [3.8, 4) is 0 Å². The Hall–Kier alpha value is -2.28. The van der Waals surface area contributed by atoms with Crippen LogP contribution < -0.4 is 0 Å². The number of carboxylic acids is 1. The van der Waals surface area contributed by atoms with Crippen LogP contribution in [-0.4, -0.2) is 21.2 Å². The van der Waals surface area contributed by atoms with Gasteiger partial charge in [0.15, 0.2) is 5.82 Å². The number of nitrogens with zero attached hydrogens (tertiary/aromatic N) is 2. The van der Waals surface area contributed by atoms with E-state index in [-0.39, 0.29) is 23.7 Å². The van der Waals surface area contributed by atoms with Gasteiger partial charge in [-0.15, -0.1) is 0 Å². The summed E-state index contributed by atoms with van der Waals surface area (Å²) in [7, 11) is 0. The van der Waals surface area contributed by atoms with E-state index in [9.17, 15) is 13.6 Å². The van der Waals surface area contributed by atoms with Crippen molar-refractivity contribution in [2.45, 2.75) is 24.7 Å². The maximum absolute atomic E-state index is 13.7. The second-order valence-corrected chi connectivity index (χ2v) is 5.81. The van der Waals surface area contributed by atoms with Crippen molar-refractivity contribution in [3.05, 3.63) is 58.2 Å². The highest BCUT2D eigenvalue weighted by Gasteiger charge is 2.50. The molecule has 1 fully saturated rings. The van der Waals surface area contributed by atoms with Gasteiger partial charge in [-0.05, 0) is 30.5 Å². The zero-order valence-electron chi connectivity index (χ0n) is 11.8. The van der Waals surface area contributed by atoms with Gasteiger partial charge in [-0.1, -0.05) is 23.3 Å². The van der Waals surface area contributed by atoms with Gasteiger partial charge in [-0.3, -0.25) is 0 Å². The van der Waals surface area contributed by atoms with E-state index in [2.05, 4.69) is 16.7 Å². The van der Waals surface area contributed by atoms with E-state index in [0.29, 0.717) is 18.4 Å². The molecule has 1 aromatic carbocycles. The molecule has 120 valence electrons. The van der Waals surface area contributed by atoms with Crippen LogP contribution in [0, 0.1) is 11.6 Å². The Morgan fingerprint density at radius 2 is 2.00 bits per heavy atom. The van der Waals surface area contributed by atoms with Crippen LogP contribution in [0.3, 0.4) is 0 Å². The lowest BCUT2D eigenvalue weighted by Crippen LogP contribution is -2.12. The van der Waals surface area contributed by atoms with Gasteiger partial charge in [-0.25, -0.2) is 13.6 Å². The van der Waals surface area contributed by atoms with Crippen LogP contribution in [0.2, 0.25) is 5.02 Å². The van der Waals surface area contributed by atoms with Crippen LogP contribution in [0.4, 0.5) is 8.78 Å². The van der Waals surface area contributed by atoms with E-state index in [0.717, 1.165) is 12.1 Å². The summed E-state index contributed by atoms with van der Waals surface area (Å²) in [4.78, 5) is 14.9. The van der Waals surface area contributed by atoms with E-state index in [4.69, 9.17) is 21.2 Å². The molecule has 0 aliphatic heterocycles. The number of hydrogen-bond acceptors (Lipinski definition) is 4. The number of carbonyl (C=O) groups is 1. The summed E-state index contributed by atoms with van der Waals surface area (Å²) in [5.74, 6) is -2.50. The average molecular weight is 341 g/mol. The number of benzene rings is 1. The van der Waals surface area contributed by atoms with Crippen molar-refractivity contribution in [2.24, 2.45) is 0 Å². The summed E-state index contributed by atoms with van der Waals surface area (Å²) >= 11 is 5.49. The molecule has 23 heavy (non-hydrogen) atoms. The number of halogens is 3. The summed E-state index contributed by atoms with van der Waals surface area (Å²) < 4.78 is 32.4. The number of carboxylic acid groups (broad SMARTS) is 1. The predicted octanol–water partition coefficient (Wildman–Crippen LogP) is 3.26. The zero-order chi connectivity index (χ0) is 16.8. The minimum absolute atomic E-state index is 0.0892.